The molecule has 1 aromatic heterocycles. The number of nitrogens with zero attached hydrogens (tertiary/aromatic N) is 4. The molecule has 1 aliphatic heterocycles. The number of amides is 2. The third-order valence-electron chi connectivity index (χ3n) is 9.68. The summed E-state index contributed by atoms with van der Waals surface area (Å²) in [5, 5.41) is 8.87. The molecule has 4 aromatic rings. The molecule has 1 fully saturated rings. The SMILES string of the molecule is CCC(C)NC(=O)c1cc(OC)c(OC(=O)Nc2ccnc(Nc3cc(OC)c(OC)c(OCCCN4CCN(C)CC4)c3)n2)c(-c2cccc(C)c2C)c1. The Bertz CT molecular complexity index is 1950. The highest BCUT2D eigenvalue weighted by Gasteiger charge is 2.23. The highest BCUT2D eigenvalue weighted by Crippen LogP contribution is 2.42. The summed E-state index contributed by atoms with van der Waals surface area (Å²) in [4.78, 5) is 40.3. The Morgan fingerprint density at radius 1 is 0.891 bits per heavy atom. The highest BCUT2D eigenvalue weighted by atomic mass is 16.6. The number of nitrogens with one attached hydrogen (secondary N) is 3. The van der Waals surface area contributed by atoms with Gasteiger partial charge in [-0.15, -0.1) is 0 Å². The van der Waals surface area contributed by atoms with Crippen molar-refractivity contribution in [2.75, 3.05) is 78.3 Å². The fourth-order valence-corrected chi connectivity index (χ4v) is 6.13. The molecule has 0 radical (unpaired) electrons. The second-order valence-electron chi connectivity index (χ2n) is 13.5. The maximum atomic E-state index is 13.5. The first-order valence-corrected chi connectivity index (χ1v) is 18.5. The predicted molar refractivity (Wildman–Crippen MR) is 214 cm³/mol. The maximum Gasteiger partial charge on any atom is 0.418 e. The Hall–Kier alpha value is -5.60. The molecule has 0 spiro atoms. The number of hydrogen-bond acceptors (Lipinski definition) is 12. The fraction of sp³-hybridized carbons (Fsp3) is 0.415. The zero-order valence-corrected chi connectivity index (χ0v) is 33.1. The summed E-state index contributed by atoms with van der Waals surface area (Å²) in [7, 11) is 6.73. The number of aryl methyl sites for hydroxylation is 1. The largest absolute Gasteiger partial charge is 0.493 e. The van der Waals surface area contributed by atoms with Gasteiger partial charge in [-0.25, -0.2) is 9.78 Å². The van der Waals surface area contributed by atoms with Crippen molar-refractivity contribution in [1.82, 2.24) is 25.1 Å². The summed E-state index contributed by atoms with van der Waals surface area (Å²) < 4.78 is 29.1. The molecule has 294 valence electrons. The molecule has 0 aliphatic carbocycles. The van der Waals surface area contributed by atoms with Crippen LogP contribution in [0, 0.1) is 13.8 Å². The number of benzene rings is 3. The van der Waals surface area contributed by atoms with Crippen LogP contribution in [-0.4, -0.2) is 106 Å². The van der Waals surface area contributed by atoms with Crippen LogP contribution in [0.3, 0.4) is 0 Å². The van der Waals surface area contributed by atoms with Gasteiger partial charge < -0.3 is 44.1 Å². The molecule has 1 aliphatic rings. The van der Waals surface area contributed by atoms with Crippen molar-refractivity contribution in [1.29, 1.82) is 0 Å². The summed E-state index contributed by atoms with van der Waals surface area (Å²) in [6, 6.07) is 14.2. The molecule has 1 atom stereocenters. The quantitative estimate of drug-likeness (QED) is 0.105. The lowest BCUT2D eigenvalue weighted by Gasteiger charge is -2.32. The van der Waals surface area contributed by atoms with E-state index in [1.165, 1.54) is 13.3 Å². The molecular weight excluding hydrogens is 702 g/mol. The molecule has 3 aromatic carbocycles. The van der Waals surface area contributed by atoms with E-state index in [2.05, 4.69) is 42.8 Å². The number of hydrogen-bond donors (Lipinski definition) is 3. The topological polar surface area (TPSA) is 149 Å². The van der Waals surface area contributed by atoms with Crippen molar-refractivity contribution in [3.63, 3.8) is 0 Å². The van der Waals surface area contributed by atoms with Gasteiger partial charge in [-0.1, -0.05) is 25.1 Å². The first-order valence-electron chi connectivity index (χ1n) is 18.5. The van der Waals surface area contributed by atoms with E-state index in [1.807, 2.05) is 45.9 Å². The van der Waals surface area contributed by atoms with Crippen LogP contribution in [0.15, 0.2) is 54.7 Å². The third-order valence-corrected chi connectivity index (χ3v) is 9.68. The van der Waals surface area contributed by atoms with Gasteiger partial charge in [0.2, 0.25) is 11.7 Å². The van der Waals surface area contributed by atoms with Crippen molar-refractivity contribution in [3.05, 3.63) is 71.4 Å². The number of carbonyl (C=O) groups is 2. The number of methoxy groups -OCH3 is 3. The van der Waals surface area contributed by atoms with Crippen LogP contribution in [0.2, 0.25) is 0 Å². The molecule has 2 heterocycles. The average molecular weight is 756 g/mol. The van der Waals surface area contributed by atoms with E-state index in [4.69, 9.17) is 23.7 Å². The lowest BCUT2D eigenvalue weighted by Crippen LogP contribution is -2.44. The van der Waals surface area contributed by atoms with Crippen LogP contribution in [0.5, 0.6) is 28.7 Å². The van der Waals surface area contributed by atoms with Gasteiger partial charge in [-0.3, -0.25) is 10.1 Å². The molecule has 14 nitrogen and oxygen atoms in total. The summed E-state index contributed by atoms with van der Waals surface area (Å²) >= 11 is 0. The number of carbonyl (C=O) groups excluding carboxylic acids is 2. The van der Waals surface area contributed by atoms with E-state index in [9.17, 15) is 9.59 Å². The molecule has 1 unspecified atom stereocenters. The van der Waals surface area contributed by atoms with E-state index >= 15 is 0 Å². The minimum Gasteiger partial charge on any atom is -0.493 e. The molecule has 3 N–H and O–H groups in total. The smallest absolute Gasteiger partial charge is 0.418 e. The van der Waals surface area contributed by atoms with Crippen molar-refractivity contribution in [3.8, 4) is 39.9 Å². The Morgan fingerprint density at radius 3 is 2.33 bits per heavy atom. The molecule has 5 rings (SSSR count). The third kappa shape index (κ3) is 10.5. The van der Waals surface area contributed by atoms with Crippen molar-refractivity contribution >= 4 is 29.5 Å². The van der Waals surface area contributed by atoms with E-state index in [0.29, 0.717) is 40.7 Å². The van der Waals surface area contributed by atoms with E-state index < -0.39 is 6.09 Å². The molecule has 55 heavy (non-hydrogen) atoms. The standard InChI is InChI=1S/C41H53N7O7/c1-9-27(3)43-39(49)29-22-32(31-13-10-12-26(2)28(31)4)37(33(23-29)51-6)55-41(50)46-36-14-15-42-40(45-36)44-30-24-34(52-7)38(53-8)35(25-30)54-21-11-16-48-19-17-47(5)18-20-48/h10,12-15,22-25,27H,9,11,16-21H2,1-8H3,(H,43,49)(H2,42,44,45,46,50). The second-order valence-corrected chi connectivity index (χ2v) is 13.5. The average Bonchev–Trinajstić information content (AvgIpc) is 3.18. The van der Waals surface area contributed by atoms with Crippen molar-refractivity contribution < 1.29 is 33.3 Å². The molecule has 2 amide bonds. The van der Waals surface area contributed by atoms with Gasteiger partial charge in [0.15, 0.2) is 23.0 Å². The second kappa shape index (κ2) is 19.1. The normalized spacial score (nSPS) is 13.7. The lowest BCUT2D eigenvalue weighted by molar-refractivity contribution is 0.0939. The zero-order chi connectivity index (χ0) is 39.5. The number of ether oxygens (including phenoxy) is 5. The summed E-state index contributed by atoms with van der Waals surface area (Å²) in [5.74, 6) is 1.96. The van der Waals surface area contributed by atoms with Crippen LogP contribution in [-0.2, 0) is 0 Å². The van der Waals surface area contributed by atoms with Gasteiger partial charge in [0, 0.05) is 73.9 Å². The van der Waals surface area contributed by atoms with Gasteiger partial charge >= 0.3 is 6.09 Å². The molecule has 0 saturated carbocycles. The lowest BCUT2D eigenvalue weighted by atomic mass is 9.94. The monoisotopic (exact) mass is 755 g/mol. The number of anilines is 3. The van der Waals surface area contributed by atoms with E-state index in [1.54, 1.807) is 44.6 Å². The molecule has 14 heteroatoms. The first-order chi connectivity index (χ1) is 26.5. The molecular formula is C41H53N7O7. The Morgan fingerprint density at radius 2 is 1.62 bits per heavy atom. The van der Waals surface area contributed by atoms with Crippen LogP contribution in [0.4, 0.5) is 22.2 Å². The number of aromatic nitrogens is 2. The van der Waals surface area contributed by atoms with Gasteiger partial charge in [-0.05, 0) is 75.5 Å². The van der Waals surface area contributed by atoms with E-state index in [-0.39, 0.29) is 35.2 Å². The van der Waals surface area contributed by atoms with Crippen LogP contribution in [0.25, 0.3) is 11.1 Å². The van der Waals surface area contributed by atoms with Gasteiger partial charge in [0.05, 0.1) is 27.9 Å². The Balaban J connectivity index is 1.33. The Kier molecular flexibility index (Phi) is 14.1. The minimum atomic E-state index is -0.815. The van der Waals surface area contributed by atoms with Crippen molar-refractivity contribution in [2.24, 2.45) is 0 Å². The van der Waals surface area contributed by atoms with E-state index in [0.717, 1.165) is 62.3 Å². The first kappa shape index (κ1) is 40.6. The van der Waals surface area contributed by atoms with Crippen LogP contribution in [0.1, 0.15) is 48.2 Å². The van der Waals surface area contributed by atoms with Crippen molar-refractivity contribution in [2.45, 2.75) is 46.6 Å². The fourth-order valence-electron chi connectivity index (χ4n) is 6.13. The summed E-state index contributed by atoms with van der Waals surface area (Å²) in [5.41, 5.74) is 4.29. The molecule has 1 saturated heterocycles. The summed E-state index contributed by atoms with van der Waals surface area (Å²) in [6.07, 6.45) is 2.32. The molecule has 0 bridgehead atoms. The number of likely N-dealkylation sites (N-methyl/N-ethyl adjacent to an activating group) is 1. The summed E-state index contributed by atoms with van der Waals surface area (Å²) in [6.45, 7) is 13.6. The number of piperazine rings is 1. The Labute approximate surface area is 323 Å². The predicted octanol–water partition coefficient (Wildman–Crippen LogP) is 6.69. The van der Waals surface area contributed by atoms with Crippen LogP contribution < -0.4 is 39.6 Å². The zero-order valence-electron chi connectivity index (χ0n) is 33.1. The minimum absolute atomic E-state index is 0.0268. The maximum absolute atomic E-state index is 13.5. The van der Waals surface area contributed by atoms with Gasteiger partial charge in [0.25, 0.3) is 5.91 Å². The van der Waals surface area contributed by atoms with Gasteiger partial charge in [-0.2, -0.15) is 4.98 Å². The highest BCUT2D eigenvalue weighted by molar-refractivity contribution is 5.98. The number of rotatable bonds is 16. The van der Waals surface area contributed by atoms with Crippen LogP contribution >= 0.6 is 0 Å². The van der Waals surface area contributed by atoms with Gasteiger partial charge in [0.1, 0.15) is 5.82 Å².